The molecule has 0 saturated carbocycles. The standard InChI is InChI=1S/C64H48N2/c1-43-25-31-49(32-26-43)64(59-22-10-16-46-13-4-7-19-54(46)59)60-41-52(65(50-33-27-44(2)28-34-50)62-23-11-17-47-14-5-8-20-55(47)62)37-39-57(60)58-40-38-53(42-61(58)64)66(51-35-29-45(3)30-36-51)63-24-12-18-48-15-6-9-21-56(48)63/h4-42H,1-3H3. The van der Waals surface area contributed by atoms with Crippen molar-refractivity contribution in [2.24, 2.45) is 0 Å². The number of fused-ring (bicyclic) bond motifs is 6. The molecule has 0 spiro atoms. The van der Waals surface area contributed by atoms with Crippen molar-refractivity contribution in [2.45, 2.75) is 26.2 Å². The van der Waals surface area contributed by atoms with Crippen molar-refractivity contribution in [3.8, 4) is 11.1 Å². The highest BCUT2D eigenvalue weighted by molar-refractivity contribution is 6.02. The number of anilines is 6. The first kappa shape index (κ1) is 39.4. The van der Waals surface area contributed by atoms with E-state index in [4.69, 9.17) is 0 Å². The fourth-order valence-electron chi connectivity index (χ4n) is 10.7. The second-order valence-electron chi connectivity index (χ2n) is 17.9. The summed E-state index contributed by atoms with van der Waals surface area (Å²) in [6.07, 6.45) is 0. The van der Waals surface area contributed by atoms with Crippen LogP contribution in [0.5, 0.6) is 0 Å². The molecule has 2 nitrogen and oxygen atoms in total. The molecule has 0 aromatic heterocycles. The number of aryl methyl sites for hydroxylation is 3. The molecule has 0 aliphatic heterocycles. The molecule has 1 aliphatic rings. The van der Waals surface area contributed by atoms with Gasteiger partial charge in [0.05, 0.1) is 16.8 Å². The molecule has 2 heteroatoms. The van der Waals surface area contributed by atoms with Gasteiger partial charge in [0.25, 0.3) is 0 Å². The molecule has 0 bridgehead atoms. The first-order chi connectivity index (χ1) is 32.5. The van der Waals surface area contributed by atoms with Gasteiger partial charge in [0, 0.05) is 33.5 Å². The Bertz CT molecular complexity index is 3430. The van der Waals surface area contributed by atoms with Gasteiger partial charge in [-0.05, 0) is 136 Å². The van der Waals surface area contributed by atoms with Crippen molar-refractivity contribution < 1.29 is 0 Å². The third-order valence-corrected chi connectivity index (χ3v) is 13.9. The number of hydrogen-bond acceptors (Lipinski definition) is 2. The second kappa shape index (κ2) is 15.8. The minimum absolute atomic E-state index is 0.708. The van der Waals surface area contributed by atoms with E-state index in [-0.39, 0.29) is 0 Å². The van der Waals surface area contributed by atoms with Crippen LogP contribution in [0.25, 0.3) is 43.4 Å². The van der Waals surface area contributed by atoms with Crippen molar-refractivity contribution in [3.05, 3.63) is 276 Å². The molecule has 0 radical (unpaired) electrons. The normalized spacial score (nSPS) is 12.6. The molecule has 11 aromatic carbocycles. The highest BCUT2D eigenvalue weighted by atomic mass is 15.1. The lowest BCUT2D eigenvalue weighted by Crippen LogP contribution is -2.29. The highest BCUT2D eigenvalue weighted by Crippen LogP contribution is 2.60. The average molecular weight is 845 g/mol. The molecule has 314 valence electrons. The second-order valence-corrected chi connectivity index (χ2v) is 17.9. The number of rotatable bonds is 8. The Morgan fingerprint density at radius 2 is 0.652 bits per heavy atom. The largest absolute Gasteiger partial charge is 0.310 e. The lowest BCUT2D eigenvalue weighted by atomic mass is 9.66. The van der Waals surface area contributed by atoms with Crippen LogP contribution >= 0.6 is 0 Å². The van der Waals surface area contributed by atoms with E-state index >= 15 is 0 Å². The fourth-order valence-corrected chi connectivity index (χ4v) is 10.7. The Morgan fingerprint density at radius 3 is 1.12 bits per heavy atom. The van der Waals surface area contributed by atoms with Crippen LogP contribution < -0.4 is 9.80 Å². The smallest absolute Gasteiger partial charge is 0.0721 e. The summed E-state index contributed by atoms with van der Waals surface area (Å²) in [6.45, 7) is 6.51. The number of hydrogen-bond donors (Lipinski definition) is 0. The molecule has 0 amide bonds. The Labute approximate surface area is 387 Å². The number of benzene rings is 11. The maximum atomic E-state index is 2.50. The molecule has 12 rings (SSSR count). The van der Waals surface area contributed by atoms with Crippen LogP contribution in [0, 0.1) is 20.8 Å². The van der Waals surface area contributed by atoms with E-state index in [9.17, 15) is 0 Å². The summed E-state index contributed by atoms with van der Waals surface area (Å²) >= 11 is 0. The van der Waals surface area contributed by atoms with Gasteiger partial charge in [-0.25, -0.2) is 0 Å². The molecular weight excluding hydrogens is 797 g/mol. The van der Waals surface area contributed by atoms with Gasteiger partial charge in [-0.15, -0.1) is 0 Å². The van der Waals surface area contributed by atoms with Crippen LogP contribution in [0.4, 0.5) is 34.1 Å². The molecular formula is C64H48N2. The summed E-state index contributed by atoms with van der Waals surface area (Å²) in [5.74, 6) is 0. The summed E-state index contributed by atoms with van der Waals surface area (Å²) in [4.78, 5) is 4.91. The van der Waals surface area contributed by atoms with Crippen LogP contribution in [0.15, 0.2) is 237 Å². The zero-order valence-electron chi connectivity index (χ0n) is 37.4. The van der Waals surface area contributed by atoms with Crippen LogP contribution in [0.3, 0.4) is 0 Å². The predicted octanol–water partition coefficient (Wildman–Crippen LogP) is 17.4. The quantitative estimate of drug-likeness (QED) is 0.150. The molecule has 0 heterocycles. The van der Waals surface area contributed by atoms with Gasteiger partial charge in [-0.2, -0.15) is 0 Å². The summed E-state index contributed by atoms with van der Waals surface area (Å²) in [6, 6.07) is 88.3. The zero-order chi connectivity index (χ0) is 44.4. The van der Waals surface area contributed by atoms with E-state index in [2.05, 4.69) is 267 Å². The third kappa shape index (κ3) is 6.32. The molecule has 0 unspecified atom stereocenters. The Hall–Kier alpha value is -8.20. The molecule has 11 aromatic rings. The van der Waals surface area contributed by atoms with Gasteiger partial charge in [0.1, 0.15) is 0 Å². The molecule has 1 aliphatic carbocycles. The summed E-state index contributed by atoms with van der Waals surface area (Å²) in [5.41, 5.74) is 17.2. The lowest BCUT2D eigenvalue weighted by molar-refractivity contribution is 0.776. The monoisotopic (exact) mass is 844 g/mol. The maximum absolute atomic E-state index is 2.50. The zero-order valence-corrected chi connectivity index (χ0v) is 37.4. The SMILES string of the molecule is Cc1ccc(N(c2ccc3c(c2)C(c2ccc(C)cc2)(c2cccc4ccccc24)c2cc(N(c4ccc(C)cc4)c4cccc5ccccc45)ccc2-3)c2cccc3ccccc23)cc1. The van der Waals surface area contributed by atoms with Crippen molar-refractivity contribution in [2.75, 3.05) is 9.80 Å². The third-order valence-electron chi connectivity index (χ3n) is 13.9. The average Bonchev–Trinajstić information content (AvgIpc) is 3.65. The van der Waals surface area contributed by atoms with Gasteiger partial charge in [0.2, 0.25) is 0 Å². The maximum Gasteiger partial charge on any atom is 0.0721 e. The van der Waals surface area contributed by atoms with Crippen molar-refractivity contribution in [3.63, 3.8) is 0 Å². The predicted molar refractivity (Wildman–Crippen MR) is 280 cm³/mol. The topological polar surface area (TPSA) is 6.48 Å². The van der Waals surface area contributed by atoms with Gasteiger partial charge in [0.15, 0.2) is 0 Å². The first-order valence-corrected chi connectivity index (χ1v) is 23.0. The van der Waals surface area contributed by atoms with Gasteiger partial charge in [-0.3, -0.25) is 0 Å². The van der Waals surface area contributed by atoms with Crippen LogP contribution in [-0.4, -0.2) is 0 Å². The van der Waals surface area contributed by atoms with E-state index in [0.29, 0.717) is 0 Å². The Balaban J connectivity index is 1.18. The lowest BCUT2D eigenvalue weighted by Gasteiger charge is -2.36. The highest BCUT2D eigenvalue weighted by Gasteiger charge is 2.48. The fraction of sp³-hybridized carbons (Fsp3) is 0.0625. The molecule has 0 atom stereocenters. The van der Waals surface area contributed by atoms with Gasteiger partial charge < -0.3 is 9.80 Å². The van der Waals surface area contributed by atoms with E-state index in [1.165, 1.54) is 82.4 Å². The van der Waals surface area contributed by atoms with E-state index in [1.54, 1.807) is 0 Å². The van der Waals surface area contributed by atoms with Crippen molar-refractivity contribution in [1.29, 1.82) is 0 Å². The van der Waals surface area contributed by atoms with Crippen LogP contribution in [0.1, 0.15) is 38.9 Å². The van der Waals surface area contributed by atoms with E-state index < -0.39 is 5.41 Å². The van der Waals surface area contributed by atoms with E-state index in [0.717, 1.165) is 34.1 Å². The Kier molecular flexibility index (Phi) is 9.43. The van der Waals surface area contributed by atoms with Crippen molar-refractivity contribution >= 4 is 66.4 Å². The summed E-state index contributed by atoms with van der Waals surface area (Å²) in [5, 5.41) is 7.29. The minimum Gasteiger partial charge on any atom is -0.310 e. The minimum atomic E-state index is -0.708. The molecule has 0 saturated heterocycles. The Morgan fingerprint density at radius 1 is 0.288 bits per heavy atom. The van der Waals surface area contributed by atoms with Crippen molar-refractivity contribution in [1.82, 2.24) is 0 Å². The van der Waals surface area contributed by atoms with Gasteiger partial charge in [-0.1, -0.05) is 193 Å². The summed E-state index contributed by atoms with van der Waals surface area (Å²) < 4.78 is 0. The molecule has 0 fully saturated rings. The van der Waals surface area contributed by atoms with Crippen LogP contribution in [-0.2, 0) is 5.41 Å². The van der Waals surface area contributed by atoms with E-state index in [1.807, 2.05) is 0 Å². The number of nitrogens with zero attached hydrogens (tertiary/aromatic N) is 2. The van der Waals surface area contributed by atoms with Gasteiger partial charge >= 0.3 is 0 Å². The van der Waals surface area contributed by atoms with Crippen LogP contribution in [0.2, 0.25) is 0 Å². The summed E-state index contributed by atoms with van der Waals surface area (Å²) in [7, 11) is 0. The first-order valence-electron chi connectivity index (χ1n) is 23.0. The molecule has 0 N–H and O–H groups in total. The molecule has 66 heavy (non-hydrogen) atoms.